The van der Waals surface area contributed by atoms with Crippen molar-refractivity contribution in [3.8, 4) is 0 Å². The number of hydrogen-bond donors (Lipinski definition) is 1. The lowest BCUT2D eigenvalue weighted by atomic mass is 10.0. The van der Waals surface area contributed by atoms with Crippen molar-refractivity contribution in [2.24, 2.45) is 7.05 Å². The number of aromatic nitrogens is 2. The van der Waals surface area contributed by atoms with Crippen LogP contribution >= 0.6 is 0 Å². The third-order valence-electron chi connectivity index (χ3n) is 4.14. The fourth-order valence-corrected chi connectivity index (χ4v) is 2.87. The first-order valence-corrected chi connectivity index (χ1v) is 8.48. The normalized spacial score (nSPS) is 20.4. The smallest absolute Gasteiger partial charge is 0.410 e. The number of amides is 1. The zero-order chi connectivity index (χ0) is 17.0. The Morgan fingerprint density at radius 1 is 1.48 bits per heavy atom. The van der Waals surface area contributed by atoms with Crippen molar-refractivity contribution >= 4 is 6.09 Å². The van der Waals surface area contributed by atoms with Crippen LogP contribution in [0.4, 0.5) is 4.79 Å². The highest BCUT2D eigenvalue weighted by molar-refractivity contribution is 5.68. The molecule has 1 aromatic rings. The maximum atomic E-state index is 12.4. The Labute approximate surface area is 139 Å². The van der Waals surface area contributed by atoms with Gasteiger partial charge in [-0.05, 0) is 47.0 Å². The van der Waals surface area contributed by atoms with Crippen molar-refractivity contribution in [2.45, 2.75) is 64.6 Å². The molecule has 1 N–H and O–H groups in total. The lowest BCUT2D eigenvalue weighted by Gasteiger charge is -2.37. The molecule has 1 saturated heterocycles. The molecule has 0 aliphatic carbocycles. The highest BCUT2D eigenvalue weighted by atomic mass is 16.6. The zero-order valence-electron chi connectivity index (χ0n) is 15.0. The van der Waals surface area contributed by atoms with Crippen molar-refractivity contribution < 1.29 is 9.53 Å². The van der Waals surface area contributed by atoms with Gasteiger partial charge in [-0.15, -0.1) is 0 Å². The van der Waals surface area contributed by atoms with E-state index < -0.39 is 5.60 Å². The summed E-state index contributed by atoms with van der Waals surface area (Å²) in [5.41, 5.74) is 0.710. The number of likely N-dealkylation sites (tertiary alicyclic amines) is 1. The van der Waals surface area contributed by atoms with Gasteiger partial charge >= 0.3 is 6.09 Å². The summed E-state index contributed by atoms with van der Waals surface area (Å²) in [6, 6.07) is 0.406. The molecule has 0 bridgehead atoms. The van der Waals surface area contributed by atoms with Gasteiger partial charge in [0.05, 0.1) is 6.20 Å². The molecule has 2 heterocycles. The van der Waals surface area contributed by atoms with Crippen LogP contribution in [-0.4, -0.2) is 45.5 Å². The molecule has 1 aliphatic rings. The number of nitrogens with one attached hydrogen (secondary N) is 1. The number of carbonyl (C=O) groups is 1. The molecule has 6 nitrogen and oxygen atoms in total. The van der Waals surface area contributed by atoms with Gasteiger partial charge in [0.15, 0.2) is 0 Å². The van der Waals surface area contributed by atoms with Crippen LogP contribution in [0.1, 0.15) is 58.6 Å². The third-order valence-corrected chi connectivity index (χ3v) is 4.14. The first-order chi connectivity index (χ1) is 10.8. The van der Waals surface area contributed by atoms with E-state index >= 15 is 0 Å². The summed E-state index contributed by atoms with van der Waals surface area (Å²) in [7, 11) is 1.92. The summed E-state index contributed by atoms with van der Waals surface area (Å²) in [6.45, 7) is 9.40. The second-order valence-electron chi connectivity index (χ2n) is 7.40. The van der Waals surface area contributed by atoms with Gasteiger partial charge in [-0.2, -0.15) is 5.10 Å². The second-order valence-corrected chi connectivity index (χ2v) is 7.40. The molecule has 0 unspecified atom stereocenters. The molecular weight excluding hydrogens is 292 g/mol. The molecule has 1 aliphatic heterocycles. The van der Waals surface area contributed by atoms with E-state index in [0.717, 1.165) is 37.9 Å². The van der Waals surface area contributed by atoms with Gasteiger partial charge in [0.1, 0.15) is 5.60 Å². The molecular formula is C17H30N4O2. The maximum absolute atomic E-state index is 12.4. The van der Waals surface area contributed by atoms with E-state index in [9.17, 15) is 4.79 Å². The predicted octanol–water partition coefficient (Wildman–Crippen LogP) is 2.86. The van der Waals surface area contributed by atoms with Crippen LogP contribution in [-0.2, 0) is 11.8 Å². The van der Waals surface area contributed by atoms with Crippen molar-refractivity contribution in [2.75, 3.05) is 13.1 Å². The van der Waals surface area contributed by atoms with E-state index in [4.69, 9.17) is 4.74 Å². The minimum absolute atomic E-state index is 0.192. The molecule has 130 valence electrons. The summed E-state index contributed by atoms with van der Waals surface area (Å²) in [5.74, 6) is 0. The Bertz CT molecular complexity index is 521. The minimum atomic E-state index is -0.449. The van der Waals surface area contributed by atoms with Gasteiger partial charge in [-0.1, -0.05) is 0 Å². The van der Waals surface area contributed by atoms with Crippen molar-refractivity contribution in [1.29, 1.82) is 0 Å². The van der Waals surface area contributed by atoms with E-state index in [1.807, 2.05) is 45.1 Å². The maximum Gasteiger partial charge on any atom is 0.410 e. The van der Waals surface area contributed by atoms with Crippen LogP contribution < -0.4 is 5.32 Å². The molecule has 2 rings (SSSR count). The van der Waals surface area contributed by atoms with Gasteiger partial charge in [0.25, 0.3) is 0 Å². The van der Waals surface area contributed by atoms with Crippen molar-refractivity contribution in [3.63, 3.8) is 0 Å². The SMILES string of the molecule is C[C@@H](NC[C@@H]1CCCCN1C(=O)OC(C)(C)C)c1cnn(C)c1. The fourth-order valence-electron chi connectivity index (χ4n) is 2.87. The Kier molecular flexibility index (Phi) is 5.68. The molecule has 0 spiro atoms. The monoisotopic (exact) mass is 322 g/mol. The molecule has 0 radical (unpaired) electrons. The molecule has 1 amide bonds. The van der Waals surface area contributed by atoms with E-state index in [1.165, 1.54) is 0 Å². The summed E-state index contributed by atoms with van der Waals surface area (Å²) < 4.78 is 7.35. The molecule has 1 aromatic heterocycles. The molecule has 1 fully saturated rings. The highest BCUT2D eigenvalue weighted by Crippen LogP contribution is 2.21. The number of piperidine rings is 1. The van der Waals surface area contributed by atoms with Crippen LogP contribution in [0.15, 0.2) is 12.4 Å². The molecule has 0 saturated carbocycles. The third kappa shape index (κ3) is 5.23. The van der Waals surface area contributed by atoms with Crippen molar-refractivity contribution in [3.05, 3.63) is 18.0 Å². The fraction of sp³-hybridized carbons (Fsp3) is 0.765. The average molecular weight is 322 g/mol. The van der Waals surface area contributed by atoms with Gasteiger partial charge in [-0.3, -0.25) is 4.68 Å². The standard InChI is InChI=1S/C17H30N4O2/c1-13(14-10-19-20(5)12-14)18-11-15-8-6-7-9-21(15)16(22)23-17(2,3)4/h10,12-13,15,18H,6-9,11H2,1-5H3/t13-,15+/m1/s1. The van der Waals surface area contributed by atoms with Crippen LogP contribution in [0.2, 0.25) is 0 Å². The number of nitrogens with zero attached hydrogens (tertiary/aromatic N) is 3. The Morgan fingerprint density at radius 2 is 2.22 bits per heavy atom. The van der Waals surface area contributed by atoms with Gasteiger partial charge in [0.2, 0.25) is 0 Å². The summed E-state index contributed by atoms with van der Waals surface area (Å²) >= 11 is 0. The van der Waals surface area contributed by atoms with Gasteiger partial charge in [0, 0.05) is 44.0 Å². The van der Waals surface area contributed by atoms with Crippen LogP contribution in [0.5, 0.6) is 0 Å². The Hall–Kier alpha value is -1.56. The topological polar surface area (TPSA) is 59.4 Å². The number of rotatable bonds is 4. The van der Waals surface area contributed by atoms with Crippen LogP contribution in [0.3, 0.4) is 0 Å². The number of hydrogen-bond acceptors (Lipinski definition) is 4. The van der Waals surface area contributed by atoms with E-state index in [1.54, 1.807) is 4.68 Å². The lowest BCUT2D eigenvalue weighted by molar-refractivity contribution is 0.00970. The molecule has 23 heavy (non-hydrogen) atoms. The van der Waals surface area contributed by atoms with Crippen LogP contribution in [0.25, 0.3) is 0 Å². The Morgan fingerprint density at radius 3 is 2.83 bits per heavy atom. The zero-order valence-corrected chi connectivity index (χ0v) is 15.0. The summed E-state index contributed by atoms with van der Waals surface area (Å²) in [6.07, 6.45) is 6.93. The average Bonchev–Trinajstić information content (AvgIpc) is 2.90. The molecule has 6 heteroatoms. The largest absolute Gasteiger partial charge is 0.444 e. The second kappa shape index (κ2) is 7.34. The quantitative estimate of drug-likeness (QED) is 0.926. The first kappa shape index (κ1) is 17.8. The predicted molar refractivity (Wildman–Crippen MR) is 90.2 cm³/mol. The van der Waals surface area contributed by atoms with E-state index in [-0.39, 0.29) is 18.2 Å². The Balaban J connectivity index is 1.92. The van der Waals surface area contributed by atoms with Gasteiger partial charge in [-0.25, -0.2) is 4.79 Å². The molecule has 0 aromatic carbocycles. The minimum Gasteiger partial charge on any atom is -0.444 e. The summed E-state index contributed by atoms with van der Waals surface area (Å²) in [5, 5.41) is 7.73. The van der Waals surface area contributed by atoms with Crippen molar-refractivity contribution in [1.82, 2.24) is 20.0 Å². The summed E-state index contributed by atoms with van der Waals surface area (Å²) in [4.78, 5) is 14.3. The highest BCUT2D eigenvalue weighted by Gasteiger charge is 2.30. The molecule has 2 atom stereocenters. The van der Waals surface area contributed by atoms with E-state index in [0.29, 0.717) is 0 Å². The number of aryl methyl sites for hydroxylation is 1. The lowest BCUT2D eigenvalue weighted by Crippen LogP contribution is -2.50. The van der Waals surface area contributed by atoms with Crippen LogP contribution in [0, 0.1) is 0 Å². The first-order valence-electron chi connectivity index (χ1n) is 8.48. The number of carbonyl (C=O) groups excluding carboxylic acids is 1. The van der Waals surface area contributed by atoms with Gasteiger partial charge < -0.3 is 15.0 Å². The van der Waals surface area contributed by atoms with E-state index in [2.05, 4.69) is 17.3 Å². The number of ether oxygens (including phenoxy) is 1.